The Morgan fingerprint density at radius 2 is 1.85 bits per heavy atom. The number of nitrogens with one attached hydrogen (secondary N) is 2. The molecule has 5 nitrogen and oxygen atoms in total. The highest BCUT2D eigenvalue weighted by Crippen LogP contribution is 2.18. The molecule has 1 aromatic rings. The van der Waals surface area contributed by atoms with Gasteiger partial charge in [0.25, 0.3) is 0 Å². The molecule has 0 fully saturated rings. The molecular formula is C19H34FIN4O. The van der Waals surface area contributed by atoms with E-state index < -0.39 is 0 Å². The van der Waals surface area contributed by atoms with Gasteiger partial charge in [0, 0.05) is 38.8 Å². The predicted octanol–water partition coefficient (Wildman–Crippen LogP) is 3.63. The lowest BCUT2D eigenvalue weighted by atomic mass is 10.2. The first-order chi connectivity index (χ1) is 11.9. The van der Waals surface area contributed by atoms with Crippen molar-refractivity contribution in [3.63, 3.8) is 0 Å². The van der Waals surface area contributed by atoms with Crippen LogP contribution in [-0.4, -0.2) is 49.7 Å². The Morgan fingerprint density at radius 3 is 2.35 bits per heavy atom. The van der Waals surface area contributed by atoms with E-state index in [1.807, 2.05) is 13.0 Å². The number of ether oxygens (including phenoxy) is 1. The lowest BCUT2D eigenvalue weighted by Gasteiger charge is -2.30. The number of nitrogens with zero attached hydrogens (tertiary/aromatic N) is 2. The van der Waals surface area contributed by atoms with E-state index in [1.165, 1.54) is 6.07 Å². The van der Waals surface area contributed by atoms with Crippen LogP contribution < -0.4 is 15.4 Å². The number of hydrogen-bond acceptors (Lipinski definition) is 3. The minimum absolute atomic E-state index is 0. The third-order valence-corrected chi connectivity index (χ3v) is 3.97. The van der Waals surface area contributed by atoms with Crippen molar-refractivity contribution < 1.29 is 9.13 Å². The Balaban J connectivity index is 0.00000625. The normalized spacial score (nSPS) is 11.7. The SMILES string of the molecule is CCOc1ccc(CNC(=NC)NCCN(C(C)C)C(C)C)cc1F.I. The second-order valence-corrected chi connectivity index (χ2v) is 6.48. The van der Waals surface area contributed by atoms with Crippen LogP contribution >= 0.6 is 24.0 Å². The molecule has 0 amide bonds. The standard InChI is InChI=1S/C19H33FN4O.HI/c1-7-25-18-9-8-16(12-17(18)20)13-23-19(21-6)22-10-11-24(14(2)3)15(4)5;/h8-9,12,14-15H,7,10-11,13H2,1-6H3,(H2,21,22,23);1H. The average molecular weight is 480 g/mol. The van der Waals surface area contributed by atoms with Gasteiger partial charge < -0.3 is 15.4 Å². The van der Waals surface area contributed by atoms with Gasteiger partial charge in [-0.05, 0) is 52.3 Å². The minimum Gasteiger partial charge on any atom is -0.491 e. The summed E-state index contributed by atoms with van der Waals surface area (Å²) in [5.74, 6) is 0.659. The summed E-state index contributed by atoms with van der Waals surface area (Å²) in [5.41, 5.74) is 0.842. The van der Waals surface area contributed by atoms with Gasteiger partial charge in [-0.25, -0.2) is 4.39 Å². The molecule has 150 valence electrons. The van der Waals surface area contributed by atoms with Crippen LogP contribution in [0.1, 0.15) is 40.2 Å². The maximum Gasteiger partial charge on any atom is 0.191 e. The van der Waals surface area contributed by atoms with Crippen LogP contribution in [0.15, 0.2) is 23.2 Å². The topological polar surface area (TPSA) is 48.9 Å². The van der Waals surface area contributed by atoms with E-state index >= 15 is 0 Å². The molecule has 0 aromatic heterocycles. The molecule has 0 aliphatic heterocycles. The summed E-state index contributed by atoms with van der Waals surface area (Å²) >= 11 is 0. The molecule has 0 aliphatic carbocycles. The van der Waals surface area contributed by atoms with Gasteiger partial charge in [-0.3, -0.25) is 9.89 Å². The number of guanidine groups is 1. The summed E-state index contributed by atoms with van der Waals surface area (Å²) in [6.45, 7) is 13.3. The van der Waals surface area contributed by atoms with Gasteiger partial charge in [-0.2, -0.15) is 0 Å². The van der Waals surface area contributed by atoms with Gasteiger partial charge >= 0.3 is 0 Å². The van der Waals surface area contributed by atoms with Crippen molar-refractivity contribution in [1.82, 2.24) is 15.5 Å². The molecular weight excluding hydrogens is 446 g/mol. The van der Waals surface area contributed by atoms with Crippen molar-refractivity contribution in [2.75, 3.05) is 26.7 Å². The summed E-state index contributed by atoms with van der Waals surface area (Å²) < 4.78 is 19.1. The van der Waals surface area contributed by atoms with E-state index in [0.717, 1.165) is 18.7 Å². The zero-order valence-electron chi connectivity index (χ0n) is 16.8. The quantitative estimate of drug-likeness (QED) is 0.322. The third-order valence-electron chi connectivity index (χ3n) is 3.97. The summed E-state index contributed by atoms with van der Waals surface area (Å²) in [6, 6.07) is 6.01. The number of benzene rings is 1. The van der Waals surface area contributed by atoms with E-state index in [-0.39, 0.29) is 35.5 Å². The van der Waals surface area contributed by atoms with E-state index in [1.54, 1.807) is 13.1 Å². The van der Waals surface area contributed by atoms with Crippen molar-refractivity contribution >= 4 is 29.9 Å². The van der Waals surface area contributed by atoms with Gasteiger partial charge in [0.15, 0.2) is 17.5 Å². The number of aliphatic imine (C=N–C) groups is 1. The fourth-order valence-corrected chi connectivity index (χ4v) is 2.75. The van der Waals surface area contributed by atoms with Crippen molar-refractivity contribution in [3.8, 4) is 5.75 Å². The molecule has 0 unspecified atom stereocenters. The summed E-state index contributed by atoms with van der Waals surface area (Å²) in [5, 5.41) is 6.51. The Morgan fingerprint density at radius 1 is 1.19 bits per heavy atom. The van der Waals surface area contributed by atoms with Crippen LogP contribution in [0, 0.1) is 5.82 Å². The highest BCUT2D eigenvalue weighted by molar-refractivity contribution is 14.0. The molecule has 7 heteroatoms. The zero-order valence-corrected chi connectivity index (χ0v) is 19.1. The maximum atomic E-state index is 13.9. The highest BCUT2D eigenvalue weighted by atomic mass is 127. The van der Waals surface area contributed by atoms with Gasteiger partial charge in [0.2, 0.25) is 0 Å². The van der Waals surface area contributed by atoms with E-state index in [9.17, 15) is 4.39 Å². The minimum atomic E-state index is -0.339. The lowest BCUT2D eigenvalue weighted by molar-refractivity contribution is 0.178. The summed E-state index contributed by atoms with van der Waals surface area (Å²) in [4.78, 5) is 6.64. The Labute approximate surface area is 174 Å². The average Bonchev–Trinajstić information content (AvgIpc) is 2.56. The maximum absolute atomic E-state index is 13.9. The molecule has 0 saturated heterocycles. The van der Waals surface area contributed by atoms with Crippen LogP contribution in [0.3, 0.4) is 0 Å². The molecule has 0 heterocycles. The molecule has 2 N–H and O–H groups in total. The number of hydrogen-bond donors (Lipinski definition) is 2. The fourth-order valence-electron chi connectivity index (χ4n) is 2.75. The summed E-state index contributed by atoms with van der Waals surface area (Å²) in [7, 11) is 1.73. The Bertz CT molecular complexity index is 544. The van der Waals surface area contributed by atoms with E-state index in [2.05, 4.69) is 48.2 Å². The molecule has 0 radical (unpaired) electrons. The van der Waals surface area contributed by atoms with Gasteiger partial charge in [-0.15, -0.1) is 24.0 Å². The molecule has 1 aromatic carbocycles. The van der Waals surface area contributed by atoms with Crippen LogP contribution in [0.4, 0.5) is 4.39 Å². The largest absolute Gasteiger partial charge is 0.491 e. The smallest absolute Gasteiger partial charge is 0.191 e. The molecule has 1 rings (SSSR count). The molecule has 0 saturated carbocycles. The first-order valence-corrected chi connectivity index (χ1v) is 9.00. The second-order valence-electron chi connectivity index (χ2n) is 6.48. The van der Waals surface area contributed by atoms with Crippen molar-refractivity contribution in [3.05, 3.63) is 29.6 Å². The van der Waals surface area contributed by atoms with Crippen LogP contribution in [0.25, 0.3) is 0 Å². The van der Waals surface area contributed by atoms with Crippen LogP contribution in [-0.2, 0) is 6.54 Å². The van der Waals surface area contributed by atoms with E-state index in [4.69, 9.17) is 4.74 Å². The van der Waals surface area contributed by atoms with Crippen LogP contribution in [0.2, 0.25) is 0 Å². The number of halogens is 2. The predicted molar refractivity (Wildman–Crippen MR) is 118 cm³/mol. The second kappa shape index (κ2) is 13.1. The molecule has 26 heavy (non-hydrogen) atoms. The first kappa shape index (κ1) is 24.9. The van der Waals surface area contributed by atoms with Crippen molar-refractivity contribution in [2.45, 2.75) is 53.2 Å². The number of rotatable bonds is 9. The third kappa shape index (κ3) is 8.53. The van der Waals surface area contributed by atoms with E-state index in [0.29, 0.717) is 31.2 Å². The zero-order chi connectivity index (χ0) is 18.8. The van der Waals surface area contributed by atoms with Crippen molar-refractivity contribution in [2.24, 2.45) is 4.99 Å². The Kier molecular flexibility index (Phi) is 12.6. The van der Waals surface area contributed by atoms with Gasteiger partial charge in [0.1, 0.15) is 0 Å². The first-order valence-electron chi connectivity index (χ1n) is 9.00. The molecule has 0 spiro atoms. The van der Waals surface area contributed by atoms with Gasteiger partial charge in [-0.1, -0.05) is 6.07 Å². The van der Waals surface area contributed by atoms with Crippen LogP contribution in [0.5, 0.6) is 5.75 Å². The Hall–Kier alpha value is -1.09. The molecule has 0 aliphatic rings. The lowest BCUT2D eigenvalue weighted by Crippen LogP contribution is -2.45. The van der Waals surface area contributed by atoms with Gasteiger partial charge in [0.05, 0.1) is 6.61 Å². The molecule has 0 atom stereocenters. The monoisotopic (exact) mass is 480 g/mol. The fraction of sp³-hybridized carbons (Fsp3) is 0.632. The summed E-state index contributed by atoms with van der Waals surface area (Å²) in [6.07, 6.45) is 0. The highest BCUT2D eigenvalue weighted by Gasteiger charge is 2.12. The molecule has 0 bridgehead atoms. The van der Waals surface area contributed by atoms with Crippen molar-refractivity contribution in [1.29, 1.82) is 0 Å².